The highest BCUT2D eigenvalue weighted by atomic mass is 32.2. The molecule has 156 valence electrons. The minimum absolute atomic E-state index is 0.0420. The molecule has 1 aliphatic heterocycles. The van der Waals surface area contributed by atoms with Gasteiger partial charge in [0.1, 0.15) is 5.75 Å². The van der Waals surface area contributed by atoms with Crippen molar-refractivity contribution in [1.29, 1.82) is 0 Å². The number of hydrogen-bond acceptors (Lipinski definition) is 4. The molecule has 0 bridgehead atoms. The van der Waals surface area contributed by atoms with Crippen molar-refractivity contribution < 1.29 is 17.9 Å². The van der Waals surface area contributed by atoms with E-state index in [1.807, 2.05) is 24.3 Å². The molecule has 6 nitrogen and oxygen atoms in total. The van der Waals surface area contributed by atoms with Gasteiger partial charge in [0.05, 0.1) is 12.0 Å². The van der Waals surface area contributed by atoms with Gasteiger partial charge >= 0.3 is 0 Å². The number of methoxy groups -OCH3 is 1. The van der Waals surface area contributed by atoms with Gasteiger partial charge in [-0.3, -0.25) is 4.79 Å². The van der Waals surface area contributed by atoms with E-state index in [0.717, 1.165) is 11.3 Å². The van der Waals surface area contributed by atoms with Crippen molar-refractivity contribution in [2.45, 2.75) is 37.5 Å². The minimum Gasteiger partial charge on any atom is -0.497 e. The maximum absolute atomic E-state index is 12.9. The molecule has 2 aromatic rings. The van der Waals surface area contributed by atoms with E-state index >= 15 is 0 Å². The molecule has 0 unspecified atom stereocenters. The van der Waals surface area contributed by atoms with Gasteiger partial charge < -0.3 is 10.1 Å². The zero-order valence-electron chi connectivity index (χ0n) is 17.1. The Bertz CT molecular complexity index is 947. The first kappa shape index (κ1) is 21.3. The van der Waals surface area contributed by atoms with Crippen molar-refractivity contribution in [3.8, 4) is 5.75 Å². The molecule has 1 heterocycles. The summed E-state index contributed by atoms with van der Waals surface area (Å²) in [6.45, 7) is 4.84. The van der Waals surface area contributed by atoms with Crippen LogP contribution in [0.15, 0.2) is 53.4 Å². The molecule has 0 aliphatic carbocycles. The van der Waals surface area contributed by atoms with Gasteiger partial charge in [0.15, 0.2) is 0 Å². The highest BCUT2D eigenvalue weighted by Gasteiger charge is 2.32. The second kappa shape index (κ2) is 8.97. The molecule has 2 aromatic carbocycles. The topological polar surface area (TPSA) is 75.7 Å². The van der Waals surface area contributed by atoms with Gasteiger partial charge in [-0.1, -0.05) is 32.0 Å². The van der Waals surface area contributed by atoms with Gasteiger partial charge in [-0.25, -0.2) is 8.42 Å². The van der Waals surface area contributed by atoms with Gasteiger partial charge in [0.2, 0.25) is 15.9 Å². The lowest BCUT2D eigenvalue weighted by Gasteiger charge is -2.30. The minimum atomic E-state index is -3.57. The molecule has 0 aromatic heterocycles. The number of nitrogens with zero attached hydrogens (tertiary/aromatic N) is 1. The highest BCUT2D eigenvalue weighted by Crippen LogP contribution is 2.28. The molecule has 0 radical (unpaired) electrons. The Morgan fingerprint density at radius 2 is 1.69 bits per heavy atom. The molecule has 1 N–H and O–H groups in total. The first-order valence-corrected chi connectivity index (χ1v) is 11.3. The fraction of sp³-hybridized carbons (Fsp3) is 0.409. The van der Waals surface area contributed by atoms with Crippen LogP contribution in [0.5, 0.6) is 5.75 Å². The molecule has 0 atom stereocenters. The third-order valence-corrected chi connectivity index (χ3v) is 7.28. The molecular weight excluding hydrogens is 388 g/mol. The molecule has 0 saturated carbocycles. The van der Waals surface area contributed by atoms with Crippen LogP contribution in [0.4, 0.5) is 5.69 Å². The number of hydrogen-bond donors (Lipinski definition) is 1. The number of amides is 1. The summed E-state index contributed by atoms with van der Waals surface area (Å²) in [6.07, 6.45) is 1.01. The maximum atomic E-state index is 12.9. The largest absolute Gasteiger partial charge is 0.497 e. The summed E-state index contributed by atoms with van der Waals surface area (Å²) in [7, 11) is -2.03. The van der Waals surface area contributed by atoms with E-state index in [1.54, 1.807) is 31.4 Å². The van der Waals surface area contributed by atoms with E-state index in [0.29, 0.717) is 37.6 Å². The van der Waals surface area contributed by atoms with E-state index in [4.69, 9.17) is 4.74 Å². The SMILES string of the molecule is COc1ccc(S(=O)(=O)N2CCC(C(=O)Nc3ccccc3C(C)C)CC2)cc1. The van der Waals surface area contributed by atoms with Crippen LogP contribution in [0.25, 0.3) is 0 Å². The van der Waals surface area contributed by atoms with Gasteiger partial charge in [0, 0.05) is 24.7 Å². The standard InChI is InChI=1S/C22H28N2O4S/c1-16(2)20-6-4-5-7-21(20)23-22(25)17-12-14-24(15-13-17)29(26,27)19-10-8-18(28-3)9-11-19/h4-11,16-17H,12-15H2,1-3H3,(H,23,25). The van der Waals surface area contributed by atoms with E-state index in [1.165, 1.54) is 4.31 Å². The van der Waals surface area contributed by atoms with Crippen molar-refractivity contribution in [3.63, 3.8) is 0 Å². The Balaban J connectivity index is 1.63. The Hall–Kier alpha value is -2.38. The van der Waals surface area contributed by atoms with E-state index in [2.05, 4.69) is 19.2 Å². The molecule has 1 amide bonds. The van der Waals surface area contributed by atoms with Gasteiger partial charge in [0.25, 0.3) is 0 Å². The molecule has 29 heavy (non-hydrogen) atoms. The Morgan fingerprint density at radius 1 is 1.07 bits per heavy atom. The average molecular weight is 417 g/mol. The van der Waals surface area contributed by atoms with Crippen LogP contribution in [0.1, 0.15) is 38.2 Å². The van der Waals surface area contributed by atoms with Crippen LogP contribution in [-0.4, -0.2) is 38.8 Å². The summed E-state index contributed by atoms with van der Waals surface area (Å²) in [5, 5.41) is 3.04. The van der Waals surface area contributed by atoms with Crippen LogP contribution < -0.4 is 10.1 Å². The fourth-order valence-corrected chi connectivity index (χ4v) is 5.07. The first-order valence-electron chi connectivity index (χ1n) is 9.87. The van der Waals surface area contributed by atoms with Gasteiger partial charge in [-0.15, -0.1) is 0 Å². The highest BCUT2D eigenvalue weighted by molar-refractivity contribution is 7.89. The van der Waals surface area contributed by atoms with Crippen molar-refractivity contribution in [3.05, 3.63) is 54.1 Å². The van der Waals surface area contributed by atoms with E-state index in [9.17, 15) is 13.2 Å². The Morgan fingerprint density at radius 3 is 2.28 bits per heavy atom. The number of nitrogens with one attached hydrogen (secondary N) is 1. The molecule has 3 rings (SSSR count). The maximum Gasteiger partial charge on any atom is 0.243 e. The summed E-state index contributed by atoms with van der Waals surface area (Å²) in [5.74, 6) is 0.682. The number of para-hydroxylation sites is 1. The predicted molar refractivity (Wildman–Crippen MR) is 114 cm³/mol. The number of anilines is 1. The average Bonchev–Trinajstić information content (AvgIpc) is 2.74. The summed E-state index contributed by atoms with van der Waals surface area (Å²) < 4.78 is 32.3. The second-order valence-electron chi connectivity index (χ2n) is 7.59. The third-order valence-electron chi connectivity index (χ3n) is 5.36. The van der Waals surface area contributed by atoms with Crippen LogP contribution in [-0.2, 0) is 14.8 Å². The molecular formula is C22H28N2O4S. The summed E-state index contributed by atoms with van der Waals surface area (Å²) in [5.41, 5.74) is 1.93. The van der Waals surface area contributed by atoms with Crippen molar-refractivity contribution in [1.82, 2.24) is 4.31 Å². The number of carbonyl (C=O) groups is 1. The second-order valence-corrected chi connectivity index (χ2v) is 9.52. The quantitative estimate of drug-likeness (QED) is 0.776. The number of rotatable bonds is 6. The van der Waals surface area contributed by atoms with Crippen molar-refractivity contribution >= 4 is 21.6 Å². The molecule has 1 fully saturated rings. The van der Waals surface area contributed by atoms with Gasteiger partial charge in [-0.05, 0) is 54.7 Å². The molecule has 7 heteroatoms. The monoisotopic (exact) mass is 416 g/mol. The normalized spacial score (nSPS) is 16.0. The smallest absolute Gasteiger partial charge is 0.243 e. The first-order chi connectivity index (χ1) is 13.8. The molecule has 1 saturated heterocycles. The van der Waals surface area contributed by atoms with Crippen LogP contribution in [0, 0.1) is 5.92 Å². The lowest BCUT2D eigenvalue weighted by molar-refractivity contribution is -0.120. The third kappa shape index (κ3) is 4.79. The number of ether oxygens (including phenoxy) is 1. The fourth-order valence-electron chi connectivity index (χ4n) is 3.60. The van der Waals surface area contributed by atoms with Crippen LogP contribution in [0.2, 0.25) is 0 Å². The van der Waals surface area contributed by atoms with E-state index in [-0.39, 0.29) is 16.7 Å². The Kier molecular flexibility index (Phi) is 6.59. The summed E-state index contributed by atoms with van der Waals surface area (Å²) in [6, 6.07) is 14.2. The van der Waals surface area contributed by atoms with Crippen molar-refractivity contribution in [2.24, 2.45) is 5.92 Å². The van der Waals surface area contributed by atoms with Gasteiger partial charge in [-0.2, -0.15) is 4.31 Å². The summed E-state index contributed by atoms with van der Waals surface area (Å²) in [4.78, 5) is 13.0. The van der Waals surface area contributed by atoms with E-state index < -0.39 is 10.0 Å². The van der Waals surface area contributed by atoms with Crippen molar-refractivity contribution in [2.75, 3.05) is 25.5 Å². The molecule has 1 aliphatic rings. The van der Waals surface area contributed by atoms with Crippen LogP contribution >= 0.6 is 0 Å². The number of benzene rings is 2. The van der Waals surface area contributed by atoms with Crippen LogP contribution in [0.3, 0.4) is 0 Å². The molecule has 0 spiro atoms. The Labute approximate surface area is 172 Å². The number of sulfonamides is 1. The number of carbonyl (C=O) groups excluding carboxylic acids is 1. The number of piperidine rings is 1. The predicted octanol–water partition coefficient (Wildman–Crippen LogP) is 3.86. The zero-order valence-corrected chi connectivity index (χ0v) is 17.9. The summed E-state index contributed by atoms with van der Waals surface area (Å²) >= 11 is 0. The zero-order chi connectivity index (χ0) is 21.0. The lowest BCUT2D eigenvalue weighted by Crippen LogP contribution is -2.41. The lowest BCUT2D eigenvalue weighted by atomic mass is 9.96.